The van der Waals surface area contributed by atoms with Crippen LogP contribution in [-0.2, 0) is 11.2 Å². The van der Waals surface area contributed by atoms with E-state index in [1.54, 1.807) is 0 Å². The number of amides is 1. The molecule has 0 saturated carbocycles. The minimum Gasteiger partial charge on any atom is -0.358 e. The Balaban J connectivity index is 1.85. The van der Waals surface area contributed by atoms with Gasteiger partial charge in [0.1, 0.15) is 0 Å². The van der Waals surface area contributed by atoms with Crippen molar-refractivity contribution in [2.24, 2.45) is 0 Å². The molecule has 0 aliphatic heterocycles. The van der Waals surface area contributed by atoms with Crippen LogP contribution in [0.3, 0.4) is 0 Å². The Hall–Kier alpha value is -2.56. The molecule has 3 N–H and O–H groups in total. The molecule has 5 heteroatoms. The van der Waals surface area contributed by atoms with E-state index in [-0.39, 0.29) is 5.91 Å². The van der Waals surface area contributed by atoms with Gasteiger partial charge in [-0.25, -0.2) is 0 Å². The molecule has 3 rings (SSSR count). The SMILES string of the molecule is Cc1n[nH]c(C)c1NC(=O)Cc1c(C)[nH]c2ccccc12. The van der Waals surface area contributed by atoms with E-state index < -0.39 is 0 Å². The van der Waals surface area contributed by atoms with E-state index in [4.69, 9.17) is 0 Å². The van der Waals surface area contributed by atoms with E-state index in [2.05, 4.69) is 20.5 Å². The molecule has 0 saturated heterocycles. The van der Waals surface area contributed by atoms with E-state index >= 15 is 0 Å². The normalized spacial score (nSPS) is 11.0. The van der Waals surface area contributed by atoms with Crippen LogP contribution in [0.2, 0.25) is 0 Å². The third kappa shape index (κ3) is 2.42. The Morgan fingerprint density at radius 3 is 2.67 bits per heavy atom. The summed E-state index contributed by atoms with van der Waals surface area (Å²) in [5.41, 5.74) is 5.59. The Labute approximate surface area is 122 Å². The number of carbonyl (C=O) groups is 1. The monoisotopic (exact) mass is 282 g/mol. The fraction of sp³-hybridized carbons (Fsp3) is 0.250. The molecule has 2 aromatic heterocycles. The number of H-pyrrole nitrogens is 2. The molecule has 0 aliphatic rings. The maximum atomic E-state index is 12.3. The highest BCUT2D eigenvalue weighted by molar-refractivity contribution is 5.97. The van der Waals surface area contributed by atoms with Crippen molar-refractivity contribution < 1.29 is 4.79 Å². The highest BCUT2D eigenvalue weighted by atomic mass is 16.1. The molecule has 1 aromatic carbocycles. The molecule has 0 atom stereocenters. The number of aryl methyl sites for hydroxylation is 3. The van der Waals surface area contributed by atoms with Crippen LogP contribution in [0.4, 0.5) is 5.69 Å². The second-order valence-corrected chi connectivity index (χ2v) is 5.31. The summed E-state index contributed by atoms with van der Waals surface area (Å²) < 4.78 is 0. The molecule has 0 fully saturated rings. The number of benzene rings is 1. The number of nitrogens with zero attached hydrogens (tertiary/aromatic N) is 1. The molecule has 108 valence electrons. The van der Waals surface area contributed by atoms with Gasteiger partial charge in [-0.1, -0.05) is 18.2 Å². The maximum Gasteiger partial charge on any atom is 0.228 e. The average molecular weight is 282 g/mol. The molecule has 0 spiro atoms. The molecule has 3 aromatic rings. The van der Waals surface area contributed by atoms with Crippen molar-refractivity contribution in [2.75, 3.05) is 5.32 Å². The summed E-state index contributed by atoms with van der Waals surface area (Å²) in [6.07, 6.45) is 0.347. The number of hydrogen-bond donors (Lipinski definition) is 3. The second kappa shape index (κ2) is 5.09. The number of aromatic amines is 2. The number of carbonyl (C=O) groups excluding carboxylic acids is 1. The first kappa shape index (κ1) is 13.4. The standard InChI is InChI=1S/C16H18N4O/c1-9-13(12-6-4-5-7-14(12)17-9)8-15(21)18-16-10(2)19-20-11(16)3/h4-7,17H,8H2,1-3H3,(H,18,21)(H,19,20). The van der Waals surface area contributed by atoms with E-state index in [9.17, 15) is 4.79 Å². The van der Waals surface area contributed by atoms with Gasteiger partial charge in [-0.05, 0) is 32.4 Å². The van der Waals surface area contributed by atoms with Crippen LogP contribution in [-0.4, -0.2) is 21.1 Å². The summed E-state index contributed by atoms with van der Waals surface area (Å²) in [7, 11) is 0. The minimum absolute atomic E-state index is 0.0320. The smallest absolute Gasteiger partial charge is 0.228 e. The van der Waals surface area contributed by atoms with Gasteiger partial charge in [0.2, 0.25) is 5.91 Å². The molecule has 0 unspecified atom stereocenters. The predicted molar refractivity (Wildman–Crippen MR) is 83.4 cm³/mol. The van der Waals surface area contributed by atoms with Crippen LogP contribution < -0.4 is 5.32 Å². The summed E-state index contributed by atoms with van der Waals surface area (Å²) in [5, 5.41) is 11.0. The van der Waals surface area contributed by atoms with Crippen LogP contribution in [0.25, 0.3) is 10.9 Å². The van der Waals surface area contributed by atoms with Crippen LogP contribution in [0.1, 0.15) is 22.6 Å². The van der Waals surface area contributed by atoms with Gasteiger partial charge in [0.25, 0.3) is 0 Å². The molecular formula is C16H18N4O. The highest BCUT2D eigenvalue weighted by Crippen LogP contribution is 2.23. The van der Waals surface area contributed by atoms with Crippen molar-refractivity contribution in [3.05, 3.63) is 46.9 Å². The third-order valence-corrected chi connectivity index (χ3v) is 3.76. The van der Waals surface area contributed by atoms with Crippen LogP contribution in [0, 0.1) is 20.8 Å². The largest absolute Gasteiger partial charge is 0.358 e. The van der Waals surface area contributed by atoms with Gasteiger partial charge < -0.3 is 10.3 Å². The second-order valence-electron chi connectivity index (χ2n) is 5.31. The summed E-state index contributed by atoms with van der Waals surface area (Å²) >= 11 is 0. The molecule has 0 aliphatic carbocycles. The van der Waals surface area contributed by atoms with Crippen LogP contribution >= 0.6 is 0 Å². The first-order valence-electron chi connectivity index (χ1n) is 6.94. The van der Waals surface area contributed by atoms with Crippen molar-refractivity contribution in [3.8, 4) is 0 Å². The van der Waals surface area contributed by atoms with Gasteiger partial charge in [-0.2, -0.15) is 5.10 Å². The predicted octanol–water partition coefficient (Wildman–Crippen LogP) is 3.00. The van der Waals surface area contributed by atoms with Gasteiger partial charge in [-0.3, -0.25) is 9.89 Å². The molecule has 2 heterocycles. The molecule has 5 nitrogen and oxygen atoms in total. The molecular weight excluding hydrogens is 264 g/mol. The van der Waals surface area contributed by atoms with E-state index in [0.29, 0.717) is 6.42 Å². The van der Waals surface area contributed by atoms with Crippen LogP contribution in [0.5, 0.6) is 0 Å². The number of aromatic nitrogens is 3. The van der Waals surface area contributed by atoms with Crippen molar-refractivity contribution >= 4 is 22.5 Å². The van der Waals surface area contributed by atoms with E-state index in [1.807, 2.05) is 45.0 Å². The Bertz CT molecular complexity index is 793. The zero-order chi connectivity index (χ0) is 15.0. The van der Waals surface area contributed by atoms with Gasteiger partial charge >= 0.3 is 0 Å². The average Bonchev–Trinajstić information content (AvgIpc) is 2.93. The number of nitrogens with one attached hydrogen (secondary N) is 3. The van der Waals surface area contributed by atoms with Gasteiger partial charge in [0.05, 0.1) is 23.5 Å². The first-order chi connectivity index (χ1) is 10.1. The molecule has 0 radical (unpaired) electrons. The van der Waals surface area contributed by atoms with Gasteiger partial charge in [0.15, 0.2) is 0 Å². The first-order valence-corrected chi connectivity index (χ1v) is 6.94. The van der Waals surface area contributed by atoms with E-state index in [0.717, 1.165) is 39.2 Å². The lowest BCUT2D eigenvalue weighted by Gasteiger charge is -2.05. The van der Waals surface area contributed by atoms with Crippen molar-refractivity contribution in [1.82, 2.24) is 15.2 Å². The lowest BCUT2D eigenvalue weighted by Crippen LogP contribution is -2.15. The summed E-state index contributed by atoms with van der Waals surface area (Å²) in [6, 6.07) is 8.03. The number of anilines is 1. The molecule has 21 heavy (non-hydrogen) atoms. The molecule has 0 bridgehead atoms. The lowest BCUT2D eigenvalue weighted by atomic mass is 10.1. The Kier molecular flexibility index (Phi) is 3.25. The van der Waals surface area contributed by atoms with Gasteiger partial charge in [-0.15, -0.1) is 0 Å². The topological polar surface area (TPSA) is 73.6 Å². The lowest BCUT2D eigenvalue weighted by molar-refractivity contribution is -0.115. The highest BCUT2D eigenvalue weighted by Gasteiger charge is 2.14. The summed E-state index contributed by atoms with van der Waals surface area (Å²) in [6.45, 7) is 5.76. The zero-order valence-corrected chi connectivity index (χ0v) is 12.4. The van der Waals surface area contributed by atoms with Crippen molar-refractivity contribution in [1.29, 1.82) is 0 Å². The fourth-order valence-corrected chi connectivity index (χ4v) is 2.64. The van der Waals surface area contributed by atoms with Crippen molar-refractivity contribution in [3.63, 3.8) is 0 Å². The summed E-state index contributed by atoms with van der Waals surface area (Å²) in [5.74, 6) is -0.0320. The zero-order valence-electron chi connectivity index (χ0n) is 12.4. The fourth-order valence-electron chi connectivity index (χ4n) is 2.64. The quantitative estimate of drug-likeness (QED) is 0.691. The Morgan fingerprint density at radius 1 is 1.19 bits per heavy atom. The number of fused-ring (bicyclic) bond motifs is 1. The summed E-state index contributed by atoms with van der Waals surface area (Å²) in [4.78, 5) is 15.6. The van der Waals surface area contributed by atoms with E-state index in [1.165, 1.54) is 0 Å². The third-order valence-electron chi connectivity index (χ3n) is 3.76. The Morgan fingerprint density at radius 2 is 1.95 bits per heavy atom. The van der Waals surface area contributed by atoms with Crippen molar-refractivity contribution in [2.45, 2.75) is 27.2 Å². The molecule has 1 amide bonds. The maximum absolute atomic E-state index is 12.3. The number of hydrogen-bond acceptors (Lipinski definition) is 2. The van der Waals surface area contributed by atoms with Crippen LogP contribution in [0.15, 0.2) is 24.3 Å². The number of para-hydroxylation sites is 1. The minimum atomic E-state index is -0.0320. The van der Waals surface area contributed by atoms with Gasteiger partial charge in [0, 0.05) is 16.6 Å². The number of rotatable bonds is 3.